The fourth-order valence-electron chi connectivity index (χ4n) is 2.40. The minimum atomic E-state index is -0.406. The van der Waals surface area contributed by atoms with Gasteiger partial charge in [-0.05, 0) is 17.5 Å². The molecule has 0 saturated carbocycles. The standard InChI is InChI=1S/C14H19N3O2/c1-14(2)9-16-13(18)12(5-6-15)17(10-14)8-11-4-3-7-19-11/h3-4,7,12H,5,8-10H2,1-2H3,(H,16,18). The Bertz CT molecular complexity index is 473. The molecule has 5 heteroatoms. The SMILES string of the molecule is CC1(C)CNC(=O)C(CC#N)N(Cc2ccco2)C1. The van der Waals surface area contributed by atoms with Gasteiger partial charge < -0.3 is 9.73 Å². The lowest BCUT2D eigenvalue weighted by Crippen LogP contribution is -2.44. The molecule has 1 aromatic heterocycles. The molecular formula is C14H19N3O2. The van der Waals surface area contributed by atoms with Gasteiger partial charge in [0.1, 0.15) is 11.8 Å². The average Bonchev–Trinajstić information content (AvgIpc) is 2.81. The van der Waals surface area contributed by atoms with E-state index in [1.165, 1.54) is 0 Å². The highest BCUT2D eigenvalue weighted by Crippen LogP contribution is 2.23. The second kappa shape index (κ2) is 5.45. The highest BCUT2D eigenvalue weighted by Gasteiger charge is 2.35. The van der Waals surface area contributed by atoms with Crippen molar-refractivity contribution in [3.63, 3.8) is 0 Å². The van der Waals surface area contributed by atoms with Gasteiger partial charge in [0.05, 0.1) is 25.3 Å². The average molecular weight is 261 g/mol. The van der Waals surface area contributed by atoms with Crippen molar-refractivity contribution in [2.24, 2.45) is 5.41 Å². The Labute approximate surface area is 113 Å². The molecule has 1 N–H and O–H groups in total. The predicted octanol–water partition coefficient (Wildman–Crippen LogP) is 1.52. The van der Waals surface area contributed by atoms with Crippen molar-refractivity contribution in [3.05, 3.63) is 24.2 Å². The van der Waals surface area contributed by atoms with Crippen LogP contribution in [0.25, 0.3) is 0 Å². The Hall–Kier alpha value is -1.80. The van der Waals surface area contributed by atoms with Crippen LogP contribution in [0.15, 0.2) is 22.8 Å². The number of nitriles is 1. The maximum Gasteiger partial charge on any atom is 0.238 e. The van der Waals surface area contributed by atoms with E-state index in [1.807, 2.05) is 17.0 Å². The normalized spacial score (nSPS) is 23.4. The van der Waals surface area contributed by atoms with Crippen molar-refractivity contribution in [2.45, 2.75) is 32.9 Å². The van der Waals surface area contributed by atoms with Crippen molar-refractivity contribution >= 4 is 5.91 Å². The van der Waals surface area contributed by atoms with Gasteiger partial charge in [0.25, 0.3) is 0 Å². The van der Waals surface area contributed by atoms with E-state index in [2.05, 4.69) is 25.2 Å². The fourth-order valence-corrected chi connectivity index (χ4v) is 2.40. The predicted molar refractivity (Wildman–Crippen MR) is 69.9 cm³/mol. The largest absolute Gasteiger partial charge is 0.468 e. The molecule has 102 valence electrons. The molecule has 0 spiro atoms. The zero-order valence-corrected chi connectivity index (χ0v) is 11.3. The first-order valence-electron chi connectivity index (χ1n) is 6.43. The maximum atomic E-state index is 12.1. The molecule has 0 bridgehead atoms. The van der Waals surface area contributed by atoms with Gasteiger partial charge in [-0.3, -0.25) is 9.69 Å². The first kappa shape index (κ1) is 13.6. The third-order valence-corrected chi connectivity index (χ3v) is 3.34. The molecule has 1 aliphatic heterocycles. The number of rotatable bonds is 3. The quantitative estimate of drug-likeness (QED) is 0.895. The van der Waals surface area contributed by atoms with Gasteiger partial charge in [0, 0.05) is 13.1 Å². The van der Waals surface area contributed by atoms with E-state index in [-0.39, 0.29) is 17.7 Å². The number of carbonyl (C=O) groups is 1. The summed E-state index contributed by atoms with van der Waals surface area (Å²) in [5.74, 6) is 0.743. The fraction of sp³-hybridized carbons (Fsp3) is 0.571. The molecule has 19 heavy (non-hydrogen) atoms. The molecule has 2 rings (SSSR count). The van der Waals surface area contributed by atoms with Gasteiger partial charge in [-0.1, -0.05) is 13.8 Å². The van der Waals surface area contributed by atoms with Crippen LogP contribution in [-0.2, 0) is 11.3 Å². The summed E-state index contributed by atoms with van der Waals surface area (Å²) in [4.78, 5) is 14.1. The van der Waals surface area contributed by atoms with Crippen LogP contribution in [0.5, 0.6) is 0 Å². The monoisotopic (exact) mass is 261 g/mol. The number of nitrogens with zero attached hydrogens (tertiary/aromatic N) is 2. The summed E-state index contributed by atoms with van der Waals surface area (Å²) < 4.78 is 5.35. The van der Waals surface area contributed by atoms with Crippen LogP contribution in [0, 0.1) is 16.7 Å². The van der Waals surface area contributed by atoms with Crippen LogP contribution in [-0.4, -0.2) is 29.9 Å². The number of amides is 1. The van der Waals surface area contributed by atoms with Crippen LogP contribution in [0.1, 0.15) is 26.0 Å². The zero-order valence-electron chi connectivity index (χ0n) is 11.3. The number of hydrogen-bond donors (Lipinski definition) is 1. The third-order valence-electron chi connectivity index (χ3n) is 3.34. The summed E-state index contributed by atoms with van der Waals surface area (Å²) in [5.41, 5.74) is -0.0214. The molecule has 5 nitrogen and oxygen atoms in total. The molecular weight excluding hydrogens is 242 g/mol. The van der Waals surface area contributed by atoms with Crippen LogP contribution in [0.3, 0.4) is 0 Å². The van der Waals surface area contributed by atoms with E-state index in [4.69, 9.17) is 9.68 Å². The molecule has 1 aliphatic rings. The molecule has 1 amide bonds. The maximum absolute atomic E-state index is 12.1. The summed E-state index contributed by atoms with van der Waals surface area (Å²) in [6.07, 6.45) is 1.82. The topological polar surface area (TPSA) is 69.3 Å². The van der Waals surface area contributed by atoms with Crippen molar-refractivity contribution in [1.29, 1.82) is 5.26 Å². The molecule has 1 unspecified atom stereocenters. The van der Waals surface area contributed by atoms with Crippen LogP contribution >= 0.6 is 0 Å². The number of hydrogen-bond acceptors (Lipinski definition) is 4. The van der Waals surface area contributed by atoms with E-state index < -0.39 is 6.04 Å². The summed E-state index contributed by atoms with van der Waals surface area (Å²) in [7, 11) is 0. The summed E-state index contributed by atoms with van der Waals surface area (Å²) in [6, 6.07) is 5.41. The summed E-state index contributed by atoms with van der Waals surface area (Å²) >= 11 is 0. The van der Waals surface area contributed by atoms with Gasteiger partial charge in [0.2, 0.25) is 5.91 Å². The van der Waals surface area contributed by atoms with Crippen LogP contribution in [0.2, 0.25) is 0 Å². The molecule has 0 aromatic carbocycles. The summed E-state index contributed by atoms with van der Waals surface area (Å²) in [6.45, 7) is 6.14. The van der Waals surface area contributed by atoms with Gasteiger partial charge in [-0.15, -0.1) is 0 Å². The Morgan fingerprint density at radius 1 is 1.63 bits per heavy atom. The van der Waals surface area contributed by atoms with E-state index in [9.17, 15) is 4.79 Å². The van der Waals surface area contributed by atoms with E-state index in [1.54, 1.807) is 6.26 Å². The Balaban J connectivity index is 2.21. The number of nitrogens with one attached hydrogen (secondary N) is 1. The minimum Gasteiger partial charge on any atom is -0.468 e. The Morgan fingerprint density at radius 3 is 3.05 bits per heavy atom. The van der Waals surface area contributed by atoms with Crippen molar-refractivity contribution < 1.29 is 9.21 Å². The minimum absolute atomic E-state index is 0.0214. The van der Waals surface area contributed by atoms with E-state index >= 15 is 0 Å². The molecule has 0 aliphatic carbocycles. The smallest absolute Gasteiger partial charge is 0.238 e. The van der Waals surface area contributed by atoms with Crippen molar-refractivity contribution in [2.75, 3.05) is 13.1 Å². The van der Waals surface area contributed by atoms with Crippen LogP contribution < -0.4 is 5.32 Å². The van der Waals surface area contributed by atoms with E-state index in [0.29, 0.717) is 13.1 Å². The van der Waals surface area contributed by atoms with Gasteiger partial charge in [-0.25, -0.2) is 0 Å². The second-order valence-corrected chi connectivity index (χ2v) is 5.74. The second-order valence-electron chi connectivity index (χ2n) is 5.74. The highest BCUT2D eigenvalue weighted by atomic mass is 16.3. The van der Waals surface area contributed by atoms with E-state index in [0.717, 1.165) is 12.3 Å². The Kier molecular flexibility index (Phi) is 3.91. The third kappa shape index (κ3) is 3.36. The summed E-state index contributed by atoms with van der Waals surface area (Å²) in [5, 5.41) is 11.8. The Morgan fingerprint density at radius 2 is 2.42 bits per heavy atom. The van der Waals surface area contributed by atoms with Gasteiger partial charge >= 0.3 is 0 Å². The van der Waals surface area contributed by atoms with Gasteiger partial charge in [0.15, 0.2) is 0 Å². The van der Waals surface area contributed by atoms with Gasteiger partial charge in [-0.2, -0.15) is 5.26 Å². The molecule has 2 heterocycles. The lowest BCUT2D eigenvalue weighted by Gasteiger charge is -2.31. The first-order chi connectivity index (χ1) is 9.02. The lowest BCUT2D eigenvalue weighted by molar-refractivity contribution is -0.125. The number of carbonyl (C=O) groups excluding carboxylic acids is 1. The zero-order chi connectivity index (χ0) is 13.9. The molecule has 0 radical (unpaired) electrons. The van der Waals surface area contributed by atoms with Crippen molar-refractivity contribution in [3.8, 4) is 6.07 Å². The molecule has 1 aromatic rings. The van der Waals surface area contributed by atoms with Crippen LogP contribution in [0.4, 0.5) is 0 Å². The molecule has 1 saturated heterocycles. The lowest BCUT2D eigenvalue weighted by atomic mass is 9.93. The molecule has 1 fully saturated rings. The molecule has 1 atom stereocenters. The highest BCUT2D eigenvalue weighted by molar-refractivity contribution is 5.82. The first-order valence-corrected chi connectivity index (χ1v) is 6.43. The number of furan rings is 1. The van der Waals surface area contributed by atoms with Crippen molar-refractivity contribution in [1.82, 2.24) is 10.2 Å².